The summed E-state index contributed by atoms with van der Waals surface area (Å²) in [6.45, 7) is 3.66. The second-order valence-electron chi connectivity index (χ2n) is 5.45. The van der Waals surface area contributed by atoms with Crippen molar-refractivity contribution in [2.75, 3.05) is 27.3 Å². The maximum Gasteiger partial charge on any atom is 0.163 e. The zero-order valence-corrected chi connectivity index (χ0v) is 12.5. The van der Waals surface area contributed by atoms with Crippen LogP contribution in [0, 0.1) is 5.92 Å². The molecule has 0 amide bonds. The fourth-order valence-corrected chi connectivity index (χ4v) is 2.86. The van der Waals surface area contributed by atoms with Crippen LogP contribution in [0.3, 0.4) is 0 Å². The summed E-state index contributed by atoms with van der Waals surface area (Å²) in [5, 5.41) is 3.41. The largest absolute Gasteiger partial charge is 0.493 e. The number of nitrogens with one attached hydrogen (secondary N) is 1. The van der Waals surface area contributed by atoms with Crippen molar-refractivity contribution in [1.82, 2.24) is 5.32 Å². The van der Waals surface area contributed by atoms with Gasteiger partial charge in [-0.3, -0.25) is 0 Å². The van der Waals surface area contributed by atoms with Gasteiger partial charge in [-0.15, -0.1) is 0 Å². The van der Waals surface area contributed by atoms with Gasteiger partial charge in [0.15, 0.2) is 11.5 Å². The standard InChI is InChI=1S/C16H24FNO2/c1-11(17)13-8-14(7-12-5-4-6-18-10-12)16(20-3)15(9-13)19-2/h8-9,11-12,18H,4-7,10H2,1-3H3. The van der Waals surface area contributed by atoms with Gasteiger partial charge in [-0.25, -0.2) is 4.39 Å². The molecule has 0 aliphatic carbocycles. The first kappa shape index (κ1) is 15.1. The minimum absolute atomic E-state index is 0.576. The van der Waals surface area contributed by atoms with E-state index < -0.39 is 6.17 Å². The van der Waals surface area contributed by atoms with Crippen LogP contribution < -0.4 is 14.8 Å². The highest BCUT2D eigenvalue weighted by Gasteiger charge is 2.20. The molecule has 1 aromatic carbocycles. The SMILES string of the molecule is COc1cc(C(C)F)cc(CC2CCCNC2)c1OC. The van der Waals surface area contributed by atoms with Crippen LogP contribution in [-0.4, -0.2) is 27.3 Å². The van der Waals surface area contributed by atoms with Gasteiger partial charge in [0.1, 0.15) is 6.17 Å². The quantitative estimate of drug-likeness (QED) is 0.898. The number of methoxy groups -OCH3 is 2. The normalized spacial score (nSPS) is 20.5. The Balaban J connectivity index is 2.29. The van der Waals surface area contributed by atoms with E-state index in [1.54, 1.807) is 27.2 Å². The van der Waals surface area contributed by atoms with Crippen molar-refractivity contribution in [1.29, 1.82) is 0 Å². The lowest BCUT2D eigenvalue weighted by Crippen LogP contribution is -2.30. The predicted octanol–water partition coefficient (Wildman–Crippen LogP) is 3.28. The van der Waals surface area contributed by atoms with Crippen LogP contribution in [0.4, 0.5) is 4.39 Å². The van der Waals surface area contributed by atoms with Crippen molar-refractivity contribution in [3.63, 3.8) is 0 Å². The molecule has 2 atom stereocenters. The van der Waals surface area contributed by atoms with Gasteiger partial charge in [0.05, 0.1) is 14.2 Å². The van der Waals surface area contributed by atoms with E-state index in [4.69, 9.17) is 9.47 Å². The Bertz CT molecular complexity index is 442. The van der Waals surface area contributed by atoms with Crippen LogP contribution in [0.2, 0.25) is 0 Å². The zero-order chi connectivity index (χ0) is 14.5. The first-order valence-electron chi connectivity index (χ1n) is 7.25. The van der Waals surface area contributed by atoms with Crippen LogP contribution in [-0.2, 0) is 6.42 Å². The van der Waals surface area contributed by atoms with Crippen molar-refractivity contribution in [3.05, 3.63) is 23.3 Å². The minimum Gasteiger partial charge on any atom is -0.493 e. The Morgan fingerprint density at radius 2 is 2.15 bits per heavy atom. The molecule has 2 rings (SSSR count). The molecule has 3 nitrogen and oxygen atoms in total. The molecule has 0 bridgehead atoms. The van der Waals surface area contributed by atoms with Gasteiger partial charge in [-0.2, -0.15) is 0 Å². The molecule has 0 radical (unpaired) electrons. The number of ether oxygens (including phenoxy) is 2. The van der Waals surface area contributed by atoms with Gasteiger partial charge in [0, 0.05) is 0 Å². The molecular weight excluding hydrogens is 257 g/mol. The fourth-order valence-electron chi connectivity index (χ4n) is 2.86. The molecule has 1 N–H and O–H groups in total. The van der Waals surface area contributed by atoms with Crippen molar-refractivity contribution >= 4 is 0 Å². The first-order valence-corrected chi connectivity index (χ1v) is 7.25. The lowest BCUT2D eigenvalue weighted by Gasteiger charge is -2.24. The molecule has 1 saturated heterocycles. The lowest BCUT2D eigenvalue weighted by molar-refractivity contribution is 0.334. The van der Waals surface area contributed by atoms with E-state index in [9.17, 15) is 4.39 Å². The molecule has 0 spiro atoms. The third-order valence-corrected chi connectivity index (χ3v) is 3.94. The first-order chi connectivity index (χ1) is 9.65. The molecule has 1 heterocycles. The molecule has 112 valence electrons. The van der Waals surface area contributed by atoms with Crippen molar-refractivity contribution in [2.24, 2.45) is 5.92 Å². The Morgan fingerprint density at radius 3 is 2.70 bits per heavy atom. The highest BCUT2D eigenvalue weighted by atomic mass is 19.1. The molecule has 1 aliphatic heterocycles. The van der Waals surface area contributed by atoms with E-state index in [1.807, 2.05) is 6.07 Å². The van der Waals surface area contributed by atoms with E-state index in [0.717, 1.165) is 30.8 Å². The summed E-state index contributed by atoms with van der Waals surface area (Å²) in [6.07, 6.45) is 2.29. The Morgan fingerprint density at radius 1 is 1.35 bits per heavy atom. The number of hydrogen-bond donors (Lipinski definition) is 1. The third kappa shape index (κ3) is 3.42. The highest BCUT2D eigenvalue weighted by Crippen LogP contribution is 2.37. The van der Waals surface area contributed by atoms with Crippen molar-refractivity contribution in [2.45, 2.75) is 32.4 Å². The van der Waals surface area contributed by atoms with Crippen LogP contribution >= 0.6 is 0 Å². The van der Waals surface area contributed by atoms with Crippen LogP contribution in [0.15, 0.2) is 12.1 Å². The summed E-state index contributed by atoms with van der Waals surface area (Å²) in [4.78, 5) is 0. The average Bonchev–Trinajstić information content (AvgIpc) is 2.47. The zero-order valence-electron chi connectivity index (χ0n) is 12.5. The second-order valence-corrected chi connectivity index (χ2v) is 5.45. The van der Waals surface area contributed by atoms with Gasteiger partial charge < -0.3 is 14.8 Å². The number of piperidine rings is 1. The van der Waals surface area contributed by atoms with Gasteiger partial charge in [0.25, 0.3) is 0 Å². The third-order valence-electron chi connectivity index (χ3n) is 3.94. The summed E-state index contributed by atoms with van der Waals surface area (Å²) >= 11 is 0. The van der Waals surface area contributed by atoms with Gasteiger partial charge >= 0.3 is 0 Å². The maximum absolute atomic E-state index is 13.6. The Labute approximate surface area is 120 Å². The summed E-state index contributed by atoms with van der Waals surface area (Å²) in [5.74, 6) is 1.93. The van der Waals surface area contributed by atoms with Crippen LogP contribution in [0.5, 0.6) is 11.5 Å². The topological polar surface area (TPSA) is 30.5 Å². The monoisotopic (exact) mass is 281 g/mol. The molecule has 1 aliphatic rings. The lowest BCUT2D eigenvalue weighted by atomic mass is 9.90. The molecule has 0 aromatic heterocycles. The molecule has 4 heteroatoms. The van der Waals surface area contributed by atoms with E-state index in [-0.39, 0.29) is 0 Å². The molecular formula is C16H24FNO2. The smallest absolute Gasteiger partial charge is 0.163 e. The minimum atomic E-state index is -1.00. The predicted molar refractivity (Wildman–Crippen MR) is 78.4 cm³/mol. The molecule has 20 heavy (non-hydrogen) atoms. The highest BCUT2D eigenvalue weighted by molar-refractivity contribution is 5.50. The van der Waals surface area contributed by atoms with Crippen LogP contribution in [0.1, 0.15) is 37.1 Å². The molecule has 1 fully saturated rings. The summed E-state index contributed by atoms with van der Waals surface area (Å²) < 4.78 is 24.5. The second kappa shape index (κ2) is 6.93. The number of benzene rings is 1. The van der Waals surface area contributed by atoms with Gasteiger partial charge in [-0.05, 0) is 68.5 Å². The number of hydrogen-bond acceptors (Lipinski definition) is 3. The number of halogens is 1. The maximum atomic E-state index is 13.6. The number of rotatable bonds is 5. The molecule has 0 saturated carbocycles. The van der Waals surface area contributed by atoms with Crippen molar-refractivity contribution in [3.8, 4) is 11.5 Å². The van der Waals surface area contributed by atoms with E-state index in [1.165, 1.54) is 12.8 Å². The molecule has 2 unspecified atom stereocenters. The van der Waals surface area contributed by atoms with Gasteiger partial charge in [0.2, 0.25) is 0 Å². The van der Waals surface area contributed by atoms with E-state index >= 15 is 0 Å². The summed E-state index contributed by atoms with van der Waals surface area (Å²) in [5.41, 5.74) is 1.70. The van der Waals surface area contributed by atoms with E-state index in [2.05, 4.69) is 5.32 Å². The Hall–Kier alpha value is -1.29. The Kier molecular flexibility index (Phi) is 5.24. The molecule has 1 aromatic rings. The average molecular weight is 281 g/mol. The number of alkyl halides is 1. The summed E-state index contributed by atoms with van der Waals surface area (Å²) in [6, 6.07) is 3.65. The summed E-state index contributed by atoms with van der Waals surface area (Å²) in [7, 11) is 3.23. The van der Waals surface area contributed by atoms with Gasteiger partial charge in [-0.1, -0.05) is 0 Å². The van der Waals surface area contributed by atoms with E-state index in [0.29, 0.717) is 17.2 Å². The van der Waals surface area contributed by atoms with Crippen LogP contribution in [0.25, 0.3) is 0 Å². The fraction of sp³-hybridized carbons (Fsp3) is 0.625. The van der Waals surface area contributed by atoms with Crippen molar-refractivity contribution < 1.29 is 13.9 Å².